The Bertz CT molecular complexity index is 876. The van der Waals surface area contributed by atoms with Crippen LogP contribution in [0.5, 0.6) is 0 Å². The number of amides is 1. The standard InChI is InChI=1S/C23H31N3O3/c1-15-12-16(2)14-25(13-15)23(28)19-6-8-20(9-7-19)26-18(4)21(17(3)24-26)10-11-22(27)29-5/h6-9,15-16H,10-14H2,1-5H3. The Hall–Kier alpha value is -2.63. The first-order chi connectivity index (χ1) is 13.8. The Morgan fingerprint density at radius 1 is 1.10 bits per heavy atom. The Kier molecular flexibility index (Phi) is 6.40. The largest absolute Gasteiger partial charge is 0.469 e. The first kappa shape index (κ1) is 21.1. The van der Waals surface area contributed by atoms with E-state index in [1.807, 2.05) is 47.7 Å². The van der Waals surface area contributed by atoms with E-state index >= 15 is 0 Å². The molecule has 0 spiro atoms. The zero-order chi connectivity index (χ0) is 21.1. The van der Waals surface area contributed by atoms with Crippen LogP contribution in [-0.4, -0.2) is 46.8 Å². The number of likely N-dealkylation sites (tertiary alicyclic amines) is 1. The summed E-state index contributed by atoms with van der Waals surface area (Å²) in [6.45, 7) is 10.0. The van der Waals surface area contributed by atoms with Crippen LogP contribution < -0.4 is 0 Å². The van der Waals surface area contributed by atoms with Gasteiger partial charge in [0.05, 0.1) is 18.5 Å². The lowest BCUT2D eigenvalue weighted by molar-refractivity contribution is -0.140. The summed E-state index contributed by atoms with van der Waals surface area (Å²) in [7, 11) is 1.40. The summed E-state index contributed by atoms with van der Waals surface area (Å²) in [6, 6.07) is 7.64. The van der Waals surface area contributed by atoms with Gasteiger partial charge < -0.3 is 9.64 Å². The van der Waals surface area contributed by atoms with E-state index in [1.54, 1.807) is 0 Å². The summed E-state index contributed by atoms with van der Waals surface area (Å²) in [6.07, 6.45) is 2.12. The number of carbonyl (C=O) groups excluding carboxylic acids is 2. The lowest BCUT2D eigenvalue weighted by Crippen LogP contribution is -2.42. The van der Waals surface area contributed by atoms with Gasteiger partial charge in [0.2, 0.25) is 0 Å². The lowest BCUT2D eigenvalue weighted by atomic mass is 9.91. The van der Waals surface area contributed by atoms with Crippen LogP contribution >= 0.6 is 0 Å². The fourth-order valence-corrected chi connectivity index (χ4v) is 4.37. The minimum absolute atomic E-state index is 0.0992. The van der Waals surface area contributed by atoms with Gasteiger partial charge in [-0.2, -0.15) is 5.10 Å². The molecule has 156 valence electrons. The minimum Gasteiger partial charge on any atom is -0.469 e. The third-order valence-corrected chi connectivity index (χ3v) is 5.76. The molecule has 6 nitrogen and oxygen atoms in total. The quantitative estimate of drug-likeness (QED) is 0.722. The molecule has 6 heteroatoms. The molecular weight excluding hydrogens is 366 g/mol. The summed E-state index contributed by atoms with van der Waals surface area (Å²) in [4.78, 5) is 26.3. The Morgan fingerprint density at radius 3 is 2.31 bits per heavy atom. The van der Waals surface area contributed by atoms with Crippen molar-refractivity contribution < 1.29 is 14.3 Å². The molecule has 0 aliphatic carbocycles. The fourth-order valence-electron chi connectivity index (χ4n) is 4.37. The number of methoxy groups -OCH3 is 1. The van der Waals surface area contributed by atoms with E-state index in [0.29, 0.717) is 30.2 Å². The van der Waals surface area contributed by atoms with Crippen LogP contribution in [0.2, 0.25) is 0 Å². The van der Waals surface area contributed by atoms with Gasteiger partial charge in [0.15, 0.2) is 0 Å². The summed E-state index contributed by atoms with van der Waals surface area (Å²) in [5, 5.41) is 4.64. The predicted octanol–water partition coefficient (Wildman–Crippen LogP) is 3.71. The van der Waals surface area contributed by atoms with Gasteiger partial charge in [-0.1, -0.05) is 13.8 Å². The van der Waals surface area contributed by atoms with Crippen molar-refractivity contribution in [3.8, 4) is 5.69 Å². The van der Waals surface area contributed by atoms with E-state index in [0.717, 1.165) is 35.7 Å². The Morgan fingerprint density at radius 2 is 1.72 bits per heavy atom. The SMILES string of the molecule is COC(=O)CCc1c(C)nn(-c2ccc(C(=O)N3CC(C)CC(C)C3)cc2)c1C. The fraction of sp³-hybridized carbons (Fsp3) is 0.522. The highest BCUT2D eigenvalue weighted by molar-refractivity contribution is 5.94. The maximum Gasteiger partial charge on any atom is 0.305 e. The van der Waals surface area contributed by atoms with Crippen LogP contribution in [0.15, 0.2) is 24.3 Å². The van der Waals surface area contributed by atoms with Crippen molar-refractivity contribution in [1.82, 2.24) is 14.7 Å². The highest BCUT2D eigenvalue weighted by atomic mass is 16.5. The van der Waals surface area contributed by atoms with Crippen LogP contribution in [0.25, 0.3) is 5.69 Å². The van der Waals surface area contributed by atoms with E-state index in [1.165, 1.54) is 13.5 Å². The number of piperidine rings is 1. The first-order valence-corrected chi connectivity index (χ1v) is 10.3. The van der Waals surface area contributed by atoms with Gasteiger partial charge in [-0.15, -0.1) is 0 Å². The molecule has 0 bridgehead atoms. The molecule has 1 amide bonds. The van der Waals surface area contributed by atoms with Gasteiger partial charge in [0.25, 0.3) is 5.91 Å². The van der Waals surface area contributed by atoms with Crippen LogP contribution in [0.1, 0.15) is 54.0 Å². The average Bonchev–Trinajstić information content (AvgIpc) is 2.98. The maximum atomic E-state index is 12.9. The third-order valence-electron chi connectivity index (χ3n) is 5.76. The molecular formula is C23H31N3O3. The third kappa shape index (κ3) is 4.69. The second-order valence-electron chi connectivity index (χ2n) is 8.34. The summed E-state index contributed by atoms with van der Waals surface area (Å²) < 4.78 is 6.62. The number of hydrogen-bond donors (Lipinski definition) is 0. The number of benzene rings is 1. The number of aromatic nitrogens is 2. The predicted molar refractivity (Wildman–Crippen MR) is 112 cm³/mol. The molecule has 1 aromatic heterocycles. The van der Waals surface area contributed by atoms with E-state index in [2.05, 4.69) is 18.9 Å². The molecule has 1 saturated heterocycles. The zero-order valence-electron chi connectivity index (χ0n) is 18.1. The molecule has 0 radical (unpaired) electrons. The van der Waals surface area contributed by atoms with E-state index in [-0.39, 0.29) is 11.9 Å². The Balaban J connectivity index is 1.76. The minimum atomic E-state index is -0.222. The number of hydrogen-bond acceptors (Lipinski definition) is 4. The molecule has 2 unspecified atom stereocenters. The molecule has 0 N–H and O–H groups in total. The van der Waals surface area contributed by atoms with E-state index in [9.17, 15) is 9.59 Å². The number of nitrogens with zero attached hydrogens (tertiary/aromatic N) is 3. The van der Waals surface area contributed by atoms with Gasteiger partial charge in [-0.3, -0.25) is 9.59 Å². The zero-order valence-corrected chi connectivity index (χ0v) is 18.1. The van der Waals surface area contributed by atoms with Crippen LogP contribution in [-0.2, 0) is 16.0 Å². The van der Waals surface area contributed by atoms with Crippen LogP contribution in [0.4, 0.5) is 0 Å². The number of aryl methyl sites for hydroxylation is 1. The molecule has 3 rings (SSSR count). The number of rotatable bonds is 5. The molecule has 1 aromatic carbocycles. The summed E-state index contributed by atoms with van der Waals surface area (Å²) in [5.74, 6) is 0.961. The van der Waals surface area contributed by atoms with Gasteiger partial charge >= 0.3 is 5.97 Å². The maximum absolute atomic E-state index is 12.9. The summed E-state index contributed by atoms with van der Waals surface area (Å²) in [5.41, 5.74) is 4.59. The van der Waals surface area contributed by atoms with E-state index < -0.39 is 0 Å². The van der Waals surface area contributed by atoms with Gasteiger partial charge in [0.1, 0.15) is 0 Å². The van der Waals surface area contributed by atoms with Crippen molar-refractivity contribution in [2.45, 2.75) is 47.0 Å². The van der Waals surface area contributed by atoms with Crippen molar-refractivity contribution in [2.24, 2.45) is 11.8 Å². The second-order valence-corrected chi connectivity index (χ2v) is 8.34. The monoisotopic (exact) mass is 397 g/mol. The highest BCUT2D eigenvalue weighted by Crippen LogP contribution is 2.24. The Labute approximate surface area is 172 Å². The van der Waals surface area contributed by atoms with Crippen molar-refractivity contribution in [3.05, 3.63) is 46.8 Å². The first-order valence-electron chi connectivity index (χ1n) is 10.3. The molecule has 2 atom stereocenters. The smallest absolute Gasteiger partial charge is 0.305 e. The van der Waals surface area contributed by atoms with Crippen molar-refractivity contribution in [1.29, 1.82) is 0 Å². The van der Waals surface area contributed by atoms with Crippen molar-refractivity contribution >= 4 is 11.9 Å². The molecule has 2 heterocycles. The molecule has 1 aliphatic heterocycles. The molecule has 29 heavy (non-hydrogen) atoms. The van der Waals surface area contributed by atoms with Crippen LogP contribution in [0.3, 0.4) is 0 Å². The average molecular weight is 398 g/mol. The summed E-state index contributed by atoms with van der Waals surface area (Å²) >= 11 is 0. The number of carbonyl (C=O) groups is 2. The lowest BCUT2D eigenvalue weighted by Gasteiger charge is -2.35. The number of ether oxygens (including phenoxy) is 1. The molecule has 0 saturated carbocycles. The van der Waals surface area contributed by atoms with Gasteiger partial charge in [-0.05, 0) is 68.4 Å². The molecule has 1 fully saturated rings. The normalized spacial score (nSPS) is 19.3. The molecule has 1 aliphatic rings. The van der Waals surface area contributed by atoms with Crippen molar-refractivity contribution in [3.63, 3.8) is 0 Å². The topological polar surface area (TPSA) is 64.4 Å². The second kappa shape index (κ2) is 8.80. The molecule has 2 aromatic rings. The van der Waals surface area contributed by atoms with Gasteiger partial charge in [0, 0.05) is 30.8 Å². The van der Waals surface area contributed by atoms with Crippen molar-refractivity contribution in [2.75, 3.05) is 20.2 Å². The number of esters is 1. The van der Waals surface area contributed by atoms with Gasteiger partial charge in [-0.25, -0.2) is 4.68 Å². The van der Waals surface area contributed by atoms with E-state index in [4.69, 9.17) is 4.74 Å². The van der Waals surface area contributed by atoms with Crippen LogP contribution in [0, 0.1) is 25.7 Å². The highest BCUT2D eigenvalue weighted by Gasteiger charge is 2.26.